The van der Waals surface area contributed by atoms with E-state index in [1.807, 2.05) is 18.2 Å². The number of allylic oxidation sites excluding steroid dienone is 1. The summed E-state index contributed by atoms with van der Waals surface area (Å²) in [5.41, 5.74) is 0.908. The van der Waals surface area contributed by atoms with Crippen LogP contribution in [0.2, 0.25) is 0 Å². The monoisotopic (exact) mass is 164 g/mol. The van der Waals surface area contributed by atoms with Crippen LogP contribution in [-0.4, -0.2) is 12.2 Å². The van der Waals surface area contributed by atoms with Crippen molar-refractivity contribution >= 4 is 0 Å². The van der Waals surface area contributed by atoms with Gasteiger partial charge in [0.25, 0.3) is 0 Å². The van der Waals surface area contributed by atoms with Gasteiger partial charge in [-0.2, -0.15) is 0 Å². The third-order valence-electron chi connectivity index (χ3n) is 1.56. The molecule has 0 fully saturated rings. The molecule has 0 saturated carbocycles. The highest BCUT2D eigenvalue weighted by atomic mass is 16.5. The molecule has 1 N–H and O–H groups in total. The normalized spacial score (nSPS) is 10.4. The number of phenolic OH excluding ortho intramolecular Hbond substituents is 1. The van der Waals surface area contributed by atoms with Crippen LogP contribution in [0, 0.1) is 0 Å². The zero-order chi connectivity index (χ0) is 8.81. The molecule has 0 aliphatic rings. The second-order valence-electron chi connectivity index (χ2n) is 2.44. The highest BCUT2D eigenvalue weighted by molar-refractivity contribution is 5.33. The summed E-state index contributed by atoms with van der Waals surface area (Å²) in [6.07, 6.45) is 4.15. The number of hydrogen-bond donors (Lipinski definition) is 1. The summed E-state index contributed by atoms with van der Waals surface area (Å²) in [7, 11) is 1.60. The van der Waals surface area contributed by atoms with Crippen LogP contribution in [0.25, 0.3) is 0 Å². The maximum Gasteiger partial charge on any atom is 0.119 e. The molecule has 1 rings (SSSR count). The van der Waals surface area contributed by atoms with Crippen molar-refractivity contribution in [3.05, 3.63) is 42.2 Å². The summed E-state index contributed by atoms with van der Waals surface area (Å²) in [5.74, 6) is 0.332. The predicted octanol–water partition coefficient (Wildman–Crippen LogP) is 2.09. The van der Waals surface area contributed by atoms with Crippen molar-refractivity contribution in [3.63, 3.8) is 0 Å². The van der Waals surface area contributed by atoms with Crippen molar-refractivity contribution < 1.29 is 9.84 Å². The van der Waals surface area contributed by atoms with E-state index in [2.05, 4.69) is 0 Å². The fraction of sp³-hybridized carbons (Fsp3) is 0.200. The van der Waals surface area contributed by atoms with Gasteiger partial charge in [-0.25, -0.2) is 0 Å². The third kappa shape index (κ3) is 2.31. The van der Waals surface area contributed by atoms with Gasteiger partial charge in [0.1, 0.15) is 5.75 Å². The molecule has 0 aromatic heterocycles. The summed E-state index contributed by atoms with van der Waals surface area (Å²) in [5, 5.41) is 9.34. The van der Waals surface area contributed by atoms with Gasteiger partial charge in [0, 0.05) is 0 Å². The lowest BCUT2D eigenvalue weighted by Gasteiger charge is -1.98. The van der Waals surface area contributed by atoms with Gasteiger partial charge >= 0.3 is 0 Å². The second-order valence-corrected chi connectivity index (χ2v) is 2.44. The molecule has 2 nitrogen and oxygen atoms in total. The van der Waals surface area contributed by atoms with Gasteiger partial charge in [0.2, 0.25) is 0 Å². The van der Waals surface area contributed by atoms with Gasteiger partial charge < -0.3 is 9.84 Å². The quantitative estimate of drug-likeness (QED) is 0.693. The highest BCUT2D eigenvalue weighted by Crippen LogP contribution is 2.15. The number of ether oxygens (including phenoxy) is 1. The Balaban J connectivity index is 2.63. The molecule has 0 unspecified atom stereocenters. The minimum Gasteiger partial charge on any atom is -0.508 e. The van der Waals surface area contributed by atoms with Crippen molar-refractivity contribution in [2.24, 2.45) is 0 Å². The molecule has 0 aliphatic heterocycles. The number of benzene rings is 1. The first kappa shape index (κ1) is 8.65. The van der Waals surface area contributed by atoms with Crippen LogP contribution < -0.4 is 0 Å². The Kier molecular flexibility index (Phi) is 3.20. The zero-order valence-corrected chi connectivity index (χ0v) is 7.03. The van der Waals surface area contributed by atoms with E-state index < -0.39 is 0 Å². The second kappa shape index (κ2) is 4.44. The van der Waals surface area contributed by atoms with E-state index in [4.69, 9.17) is 4.74 Å². The zero-order valence-electron chi connectivity index (χ0n) is 7.03. The molecule has 64 valence electrons. The summed E-state index contributed by atoms with van der Waals surface area (Å²) in [6.45, 7) is 0. The van der Waals surface area contributed by atoms with Gasteiger partial charge in [0.05, 0.1) is 13.4 Å². The van der Waals surface area contributed by atoms with E-state index in [9.17, 15) is 5.11 Å². The molecule has 0 radical (unpaired) electrons. The molecule has 0 heterocycles. The van der Waals surface area contributed by atoms with E-state index in [0.29, 0.717) is 12.2 Å². The van der Waals surface area contributed by atoms with E-state index in [-0.39, 0.29) is 0 Å². The Morgan fingerprint density at radius 1 is 1.42 bits per heavy atom. The predicted molar refractivity (Wildman–Crippen MR) is 48.0 cm³/mol. The molecule has 12 heavy (non-hydrogen) atoms. The van der Waals surface area contributed by atoms with Gasteiger partial charge in [-0.05, 0) is 24.1 Å². The Bertz CT molecular complexity index is 266. The Labute approximate surface area is 72.1 Å². The van der Waals surface area contributed by atoms with Gasteiger partial charge in [-0.3, -0.25) is 0 Å². The van der Waals surface area contributed by atoms with Crippen molar-refractivity contribution in [2.45, 2.75) is 6.42 Å². The SMILES string of the molecule is COC=CCc1ccccc1O. The fourth-order valence-corrected chi connectivity index (χ4v) is 0.955. The van der Waals surface area contributed by atoms with Crippen LogP contribution in [0.15, 0.2) is 36.6 Å². The molecule has 0 spiro atoms. The smallest absolute Gasteiger partial charge is 0.119 e. The lowest BCUT2D eigenvalue weighted by atomic mass is 10.1. The molecule has 2 heteroatoms. The molecule has 1 aromatic carbocycles. The molecular formula is C10H12O2. The maximum absolute atomic E-state index is 9.34. The van der Waals surface area contributed by atoms with Crippen molar-refractivity contribution in [2.75, 3.05) is 7.11 Å². The number of para-hydroxylation sites is 1. The van der Waals surface area contributed by atoms with Crippen molar-refractivity contribution in [1.29, 1.82) is 0 Å². The number of aromatic hydroxyl groups is 1. The Morgan fingerprint density at radius 3 is 2.83 bits per heavy atom. The van der Waals surface area contributed by atoms with Crippen LogP contribution in [0.3, 0.4) is 0 Å². The molecule has 0 saturated heterocycles. The third-order valence-corrected chi connectivity index (χ3v) is 1.56. The highest BCUT2D eigenvalue weighted by Gasteiger charge is 1.94. The van der Waals surface area contributed by atoms with Crippen LogP contribution in [0.1, 0.15) is 5.56 Å². The first-order valence-corrected chi connectivity index (χ1v) is 3.79. The van der Waals surface area contributed by atoms with E-state index in [1.165, 1.54) is 0 Å². The summed E-state index contributed by atoms with van der Waals surface area (Å²) < 4.78 is 4.74. The van der Waals surface area contributed by atoms with E-state index >= 15 is 0 Å². The molecular weight excluding hydrogens is 152 g/mol. The first-order chi connectivity index (χ1) is 5.84. The van der Waals surface area contributed by atoms with Gasteiger partial charge in [-0.1, -0.05) is 18.2 Å². The van der Waals surface area contributed by atoms with Crippen molar-refractivity contribution in [1.82, 2.24) is 0 Å². The number of rotatable bonds is 3. The molecule has 0 bridgehead atoms. The Hall–Kier alpha value is -1.44. The topological polar surface area (TPSA) is 29.5 Å². The lowest BCUT2D eigenvalue weighted by molar-refractivity contribution is 0.336. The molecule has 0 atom stereocenters. The average Bonchev–Trinajstić information content (AvgIpc) is 2.09. The summed E-state index contributed by atoms with van der Waals surface area (Å²) >= 11 is 0. The largest absolute Gasteiger partial charge is 0.508 e. The minimum atomic E-state index is 0.332. The van der Waals surface area contributed by atoms with Gasteiger partial charge in [0.15, 0.2) is 0 Å². The molecule has 0 amide bonds. The number of hydrogen-bond acceptors (Lipinski definition) is 2. The lowest BCUT2D eigenvalue weighted by Crippen LogP contribution is -1.81. The van der Waals surface area contributed by atoms with Crippen LogP contribution in [0.4, 0.5) is 0 Å². The molecule has 0 aliphatic carbocycles. The first-order valence-electron chi connectivity index (χ1n) is 3.79. The average molecular weight is 164 g/mol. The van der Waals surface area contributed by atoms with E-state index in [1.54, 1.807) is 25.5 Å². The maximum atomic E-state index is 9.34. The summed E-state index contributed by atoms with van der Waals surface area (Å²) in [4.78, 5) is 0. The van der Waals surface area contributed by atoms with E-state index in [0.717, 1.165) is 5.56 Å². The number of phenols is 1. The van der Waals surface area contributed by atoms with Crippen LogP contribution in [-0.2, 0) is 11.2 Å². The summed E-state index contributed by atoms with van der Waals surface area (Å²) in [6, 6.07) is 7.26. The molecule has 1 aromatic rings. The number of methoxy groups -OCH3 is 1. The fourth-order valence-electron chi connectivity index (χ4n) is 0.955. The van der Waals surface area contributed by atoms with Crippen molar-refractivity contribution in [3.8, 4) is 5.75 Å². The Morgan fingerprint density at radius 2 is 2.17 bits per heavy atom. The minimum absolute atomic E-state index is 0.332. The van der Waals surface area contributed by atoms with Crippen LogP contribution >= 0.6 is 0 Å². The van der Waals surface area contributed by atoms with Gasteiger partial charge in [-0.15, -0.1) is 0 Å². The standard InChI is InChI=1S/C10H12O2/c1-12-8-4-6-9-5-2-3-7-10(9)11/h2-5,7-8,11H,6H2,1H3. The van der Waals surface area contributed by atoms with Crippen LogP contribution in [0.5, 0.6) is 5.75 Å².